The average molecular weight is 342 g/mol. The lowest BCUT2D eigenvalue weighted by Crippen LogP contribution is -2.22. The van der Waals surface area contributed by atoms with Crippen LogP contribution in [0.2, 0.25) is 0 Å². The van der Waals surface area contributed by atoms with E-state index in [1.807, 2.05) is 36.0 Å². The number of nitrogens with one attached hydrogen (secondary N) is 1. The first-order chi connectivity index (χ1) is 11.5. The van der Waals surface area contributed by atoms with Crippen molar-refractivity contribution in [3.05, 3.63) is 70.2 Å². The highest BCUT2D eigenvalue weighted by Gasteiger charge is 2.07. The van der Waals surface area contributed by atoms with Crippen LogP contribution < -0.4 is 0 Å². The Kier molecular flexibility index (Phi) is 4.87. The summed E-state index contributed by atoms with van der Waals surface area (Å²) in [6.45, 7) is 3.32. The summed E-state index contributed by atoms with van der Waals surface area (Å²) in [5.74, 6) is 0.537. The van der Waals surface area contributed by atoms with Crippen molar-refractivity contribution >= 4 is 12.2 Å². The monoisotopic (exact) mass is 342 g/mol. The number of aromatic amines is 1. The molecule has 0 atom stereocenters. The first-order valence-corrected chi connectivity index (χ1v) is 8.09. The Hall–Kier alpha value is -2.31. The molecule has 0 spiro atoms. The van der Waals surface area contributed by atoms with Gasteiger partial charge in [-0.2, -0.15) is 4.98 Å². The first kappa shape index (κ1) is 16.5. The number of nitrogens with zero attached hydrogens (tertiary/aromatic N) is 3. The Morgan fingerprint density at radius 2 is 1.79 bits per heavy atom. The molecule has 0 saturated heterocycles. The maximum absolute atomic E-state index is 13.0. The lowest BCUT2D eigenvalue weighted by atomic mass is 10.1. The molecule has 2 aromatic carbocycles. The van der Waals surface area contributed by atoms with Crippen molar-refractivity contribution in [1.29, 1.82) is 0 Å². The second-order valence-corrected chi connectivity index (χ2v) is 6.30. The largest absolute Gasteiger partial charge is 0.283 e. The van der Waals surface area contributed by atoms with Crippen molar-refractivity contribution < 1.29 is 4.39 Å². The van der Waals surface area contributed by atoms with E-state index in [-0.39, 0.29) is 5.82 Å². The van der Waals surface area contributed by atoms with Crippen LogP contribution in [-0.4, -0.2) is 26.7 Å². The highest BCUT2D eigenvalue weighted by molar-refractivity contribution is 7.71. The van der Waals surface area contributed by atoms with Gasteiger partial charge >= 0.3 is 0 Å². The fourth-order valence-corrected chi connectivity index (χ4v) is 2.68. The van der Waals surface area contributed by atoms with Crippen LogP contribution in [0.5, 0.6) is 0 Å². The third-order valence-corrected chi connectivity index (χ3v) is 4.06. The van der Waals surface area contributed by atoms with Crippen LogP contribution in [0.1, 0.15) is 11.1 Å². The molecule has 0 radical (unpaired) electrons. The minimum absolute atomic E-state index is 0.222. The van der Waals surface area contributed by atoms with Crippen LogP contribution >= 0.6 is 12.2 Å². The van der Waals surface area contributed by atoms with Gasteiger partial charge in [0.1, 0.15) is 5.82 Å². The molecule has 3 aromatic rings. The highest BCUT2D eigenvalue weighted by Crippen LogP contribution is 2.15. The van der Waals surface area contributed by atoms with Gasteiger partial charge in [-0.05, 0) is 43.9 Å². The summed E-state index contributed by atoms with van der Waals surface area (Å²) < 4.78 is 15.3. The van der Waals surface area contributed by atoms with E-state index in [0.717, 1.165) is 17.0 Å². The van der Waals surface area contributed by atoms with Crippen molar-refractivity contribution in [3.63, 3.8) is 0 Å². The van der Waals surface area contributed by atoms with Crippen LogP contribution in [-0.2, 0) is 13.2 Å². The summed E-state index contributed by atoms with van der Waals surface area (Å²) in [5.41, 5.74) is 3.26. The van der Waals surface area contributed by atoms with Crippen LogP contribution in [0.15, 0.2) is 48.5 Å². The van der Waals surface area contributed by atoms with E-state index in [0.29, 0.717) is 18.0 Å². The molecule has 4 nitrogen and oxygen atoms in total. The van der Waals surface area contributed by atoms with E-state index >= 15 is 0 Å². The lowest BCUT2D eigenvalue weighted by molar-refractivity contribution is 0.244. The summed E-state index contributed by atoms with van der Waals surface area (Å²) in [6, 6.07) is 14.7. The van der Waals surface area contributed by atoms with Gasteiger partial charge in [0.2, 0.25) is 4.77 Å². The molecule has 0 saturated carbocycles. The zero-order chi connectivity index (χ0) is 17.1. The van der Waals surface area contributed by atoms with Crippen LogP contribution in [0.3, 0.4) is 0 Å². The Balaban J connectivity index is 1.72. The summed E-state index contributed by atoms with van der Waals surface area (Å²) in [6.07, 6.45) is 0. The van der Waals surface area contributed by atoms with Crippen molar-refractivity contribution in [2.45, 2.75) is 20.1 Å². The van der Waals surface area contributed by atoms with E-state index in [4.69, 9.17) is 12.2 Å². The summed E-state index contributed by atoms with van der Waals surface area (Å²) in [5, 5.41) is 3.24. The molecule has 1 aromatic heterocycles. The number of hydrogen-bond donors (Lipinski definition) is 1. The number of aromatic nitrogens is 3. The van der Waals surface area contributed by atoms with Gasteiger partial charge in [-0.25, -0.2) is 9.07 Å². The Morgan fingerprint density at radius 3 is 2.46 bits per heavy atom. The van der Waals surface area contributed by atoms with Crippen LogP contribution in [0.25, 0.3) is 11.4 Å². The van der Waals surface area contributed by atoms with Gasteiger partial charge in [0, 0.05) is 12.1 Å². The number of halogens is 1. The number of rotatable bonds is 5. The SMILES string of the molecule is Cc1ccc(-c2nc(=S)n(CN(C)Cc3ccc(F)cc3)[nH]2)cc1. The molecule has 0 aliphatic carbocycles. The maximum Gasteiger partial charge on any atom is 0.217 e. The normalized spacial score (nSPS) is 11.2. The van der Waals surface area contributed by atoms with E-state index < -0.39 is 0 Å². The molecule has 0 bridgehead atoms. The highest BCUT2D eigenvalue weighted by atomic mass is 32.1. The van der Waals surface area contributed by atoms with Gasteiger partial charge in [-0.15, -0.1) is 0 Å². The number of hydrogen-bond acceptors (Lipinski definition) is 3. The third-order valence-electron chi connectivity index (χ3n) is 3.75. The summed E-state index contributed by atoms with van der Waals surface area (Å²) in [7, 11) is 1.98. The molecule has 124 valence electrons. The minimum Gasteiger partial charge on any atom is -0.283 e. The number of H-pyrrole nitrogens is 1. The molecule has 0 aliphatic rings. The Morgan fingerprint density at radius 1 is 1.12 bits per heavy atom. The molecule has 3 rings (SSSR count). The molecule has 0 fully saturated rings. The topological polar surface area (TPSA) is 36.9 Å². The molecule has 1 heterocycles. The van der Waals surface area contributed by atoms with Crippen LogP contribution in [0, 0.1) is 17.5 Å². The fraction of sp³-hybridized carbons (Fsp3) is 0.222. The van der Waals surface area contributed by atoms with Crippen molar-refractivity contribution in [2.75, 3.05) is 7.05 Å². The van der Waals surface area contributed by atoms with Gasteiger partial charge in [-0.3, -0.25) is 10.00 Å². The van der Waals surface area contributed by atoms with E-state index in [2.05, 4.69) is 21.9 Å². The van der Waals surface area contributed by atoms with Gasteiger partial charge in [0.15, 0.2) is 5.82 Å². The van der Waals surface area contributed by atoms with E-state index in [9.17, 15) is 4.39 Å². The molecule has 6 heteroatoms. The van der Waals surface area contributed by atoms with E-state index in [1.54, 1.807) is 12.1 Å². The van der Waals surface area contributed by atoms with Gasteiger partial charge in [0.25, 0.3) is 0 Å². The Bertz CT molecular complexity index is 865. The van der Waals surface area contributed by atoms with Gasteiger partial charge < -0.3 is 0 Å². The quantitative estimate of drug-likeness (QED) is 0.708. The molecule has 0 unspecified atom stereocenters. The minimum atomic E-state index is -0.222. The zero-order valence-electron chi connectivity index (χ0n) is 13.7. The predicted molar refractivity (Wildman–Crippen MR) is 95.5 cm³/mol. The average Bonchev–Trinajstić information content (AvgIpc) is 2.91. The van der Waals surface area contributed by atoms with Crippen molar-refractivity contribution in [2.24, 2.45) is 0 Å². The molecular formula is C18H19FN4S. The molecular weight excluding hydrogens is 323 g/mol. The summed E-state index contributed by atoms with van der Waals surface area (Å²) >= 11 is 5.34. The molecule has 0 aliphatic heterocycles. The van der Waals surface area contributed by atoms with Gasteiger partial charge in [0.05, 0.1) is 6.67 Å². The zero-order valence-corrected chi connectivity index (χ0v) is 14.5. The second kappa shape index (κ2) is 7.07. The number of benzene rings is 2. The summed E-state index contributed by atoms with van der Waals surface area (Å²) in [4.78, 5) is 6.51. The predicted octanol–water partition coefficient (Wildman–Crippen LogP) is 4.14. The van der Waals surface area contributed by atoms with Gasteiger partial charge in [-0.1, -0.05) is 42.0 Å². The first-order valence-electron chi connectivity index (χ1n) is 7.68. The fourth-order valence-electron chi connectivity index (χ4n) is 2.49. The van der Waals surface area contributed by atoms with Crippen molar-refractivity contribution in [3.8, 4) is 11.4 Å². The molecule has 1 N–H and O–H groups in total. The lowest BCUT2D eigenvalue weighted by Gasteiger charge is -2.16. The standard InChI is InChI=1S/C18H19FN4S/c1-13-3-7-15(8-4-13)17-20-18(24)23(21-17)12-22(2)11-14-5-9-16(19)10-6-14/h3-10H,11-12H2,1-2H3,(H,20,21,24). The Labute approximate surface area is 145 Å². The number of aryl methyl sites for hydroxylation is 1. The van der Waals surface area contributed by atoms with Crippen molar-refractivity contribution in [1.82, 2.24) is 19.7 Å². The smallest absolute Gasteiger partial charge is 0.217 e. The second-order valence-electron chi connectivity index (χ2n) is 5.93. The third kappa shape index (κ3) is 3.96. The van der Waals surface area contributed by atoms with Crippen LogP contribution in [0.4, 0.5) is 4.39 Å². The van der Waals surface area contributed by atoms with E-state index in [1.165, 1.54) is 17.7 Å². The molecule has 0 amide bonds. The maximum atomic E-state index is 13.0. The molecule has 24 heavy (non-hydrogen) atoms.